The maximum atomic E-state index is 14.1. The van der Waals surface area contributed by atoms with Crippen LogP contribution in [0.15, 0.2) is 15.8 Å². The molecule has 2 N–H and O–H groups in total. The first-order chi connectivity index (χ1) is 11.4. The molecule has 4 atom stereocenters. The second-order valence-corrected chi connectivity index (χ2v) is 6.18. The molecule has 2 heterocycles. The number of aliphatic hydroxyl groups is 2. The number of carbonyl (C=O) groups excluding carboxylic acids is 1. The van der Waals surface area contributed by atoms with Crippen LogP contribution in [0.3, 0.4) is 0 Å². The highest BCUT2D eigenvalue weighted by molar-refractivity contribution is 5.83. The van der Waals surface area contributed by atoms with Gasteiger partial charge in [0.05, 0.1) is 18.9 Å². The van der Waals surface area contributed by atoms with Gasteiger partial charge in [-0.3, -0.25) is 14.2 Å². The molecule has 1 aromatic heterocycles. The van der Waals surface area contributed by atoms with Crippen LogP contribution in [-0.2, 0) is 9.53 Å². The zero-order valence-corrected chi connectivity index (χ0v) is 12.9. The van der Waals surface area contributed by atoms with E-state index in [1.807, 2.05) is 0 Å². The van der Waals surface area contributed by atoms with E-state index in [1.54, 1.807) is 0 Å². The predicted molar refractivity (Wildman–Crippen MR) is 79.1 cm³/mol. The van der Waals surface area contributed by atoms with E-state index in [0.717, 1.165) is 10.8 Å². The SMILES string of the molecule is O=C1CCCCC1n1c(=O)c(F)cn([C@H]2C[C@H](O)[C@@H](CO)O2)c1=O. The van der Waals surface area contributed by atoms with Crippen molar-refractivity contribution < 1.29 is 24.1 Å². The first kappa shape index (κ1) is 17.0. The standard InChI is InChI=1S/C15H19FN2O6/c16-8-6-17(13-5-11(21)12(7-19)24-13)15(23)18(14(8)22)9-3-1-2-4-10(9)20/h6,9,11-13,19,21H,1-5,7H2/t9?,11-,12+,13+/m0/s1. The van der Waals surface area contributed by atoms with Crippen molar-refractivity contribution in [2.75, 3.05) is 6.61 Å². The molecule has 1 unspecified atom stereocenters. The van der Waals surface area contributed by atoms with E-state index in [0.29, 0.717) is 23.8 Å². The summed E-state index contributed by atoms with van der Waals surface area (Å²) in [7, 11) is 0. The lowest BCUT2D eigenvalue weighted by Crippen LogP contribution is -2.47. The molecule has 1 saturated carbocycles. The number of carbonyl (C=O) groups is 1. The van der Waals surface area contributed by atoms with E-state index in [9.17, 15) is 23.9 Å². The predicted octanol–water partition coefficient (Wildman–Crippen LogP) is -0.526. The average Bonchev–Trinajstić information content (AvgIpc) is 2.93. The van der Waals surface area contributed by atoms with Crippen molar-refractivity contribution >= 4 is 5.78 Å². The van der Waals surface area contributed by atoms with Gasteiger partial charge in [0.15, 0.2) is 5.78 Å². The molecule has 0 amide bonds. The van der Waals surface area contributed by atoms with Crippen LogP contribution >= 0.6 is 0 Å². The summed E-state index contributed by atoms with van der Waals surface area (Å²) in [4.78, 5) is 36.8. The molecule has 1 aliphatic carbocycles. The van der Waals surface area contributed by atoms with Crippen LogP contribution in [0.1, 0.15) is 44.4 Å². The van der Waals surface area contributed by atoms with Crippen LogP contribution < -0.4 is 11.2 Å². The third kappa shape index (κ3) is 2.83. The van der Waals surface area contributed by atoms with Gasteiger partial charge in [-0.2, -0.15) is 4.39 Å². The van der Waals surface area contributed by atoms with Crippen LogP contribution in [-0.4, -0.2) is 43.9 Å². The summed E-state index contributed by atoms with van der Waals surface area (Å²) in [6.07, 6.45) is -0.290. The second kappa shape index (κ2) is 6.58. The number of aromatic nitrogens is 2. The Hall–Kier alpha value is -1.84. The minimum Gasteiger partial charge on any atom is -0.394 e. The highest BCUT2D eigenvalue weighted by Gasteiger charge is 2.36. The Bertz CT molecular complexity index is 757. The van der Waals surface area contributed by atoms with Crippen molar-refractivity contribution in [3.63, 3.8) is 0 Å². The Kier molecular flexibility index (Phi) is 4.66. The van der Waals surface area contributed by atoms with Gasteiger partial charge in [-0.15, -0.1) is 0 Å². The summed E-state index contributed by atoms with van der Waals surface area (Å²) in [5, 5.41) is 18.9. The van der Waals surface area contributed by atoms with Crippen LogP contribution in [0.4, 0.5) is 4.39 Å². The van der Waals surface area contributed by atoms with E-state index in [1.165, 1.54) is 0 Å². The normalized spacial score (nSPS) is 30.7. The van der Waals surface area contributed by atoms with E-state index < -0.39 is 48.2 Å². The molecule has 0 spiro atoms. The Morgan fingerprint density at radius 1 is 1.29 bits per heavy atom. The summed E-state index contributed by atoms with van der Waals surface area (Å²) in [5.74, 6) is -1.43. The Morgan fingerprint density at radius 3 is 2.67 bits per heavy atom. The monoisotopic (exact) mass is 342 g/mol. The van der Waals surface area contributed by atoms with Gasteiger partial charge in [-0.1, -0.05) is 6.42 Å². The smallest absolute Gasteiger partial charge is 0.333 e. The third-order valence-corrected chi connectivity index (χ3v) is 4.63. The van der Waals surface area contributed by atoms with Crippen molar-refractivity contribution in [1.82, 2.24) is 9.13 Å². The fourth-order valence-electron chi connectivity index (χ4n) is 3.33. The zero-order chi connectivity index (χ0) is 17.4. The Labute approximate surface area is 136 Å². The van der Waals surface area contributed by atoms with Crippen molar-refractivity contribution in [3.8, 4) is 0 Å². The molecule has 3 rings (SSSR count). The minimum absolute atomic E-state index is 0.0264. The lowest BCUT2D eigenvalue weighted by molar-refractivity contribution is -0.124. The van der Waals surface area contributed by atoms with Crippen molar-refractivity contribution in [2.45, 2.75) is 56.6 Å². The van der Waals surface area contributed by atoms with Crippen molar-refractivity contribution in [2.24, 2.45) is 0 Å². The number of hydrogen-bond donors (Lipinski definition) is 2. The quantitative estimate of drug-likeness (QED) is 0.764. The third-order valence-electron chi connectivity index (χ3n) is 4.63. The molecule has 132 valence electrons. The Balaban J connectivity index is 2.05. The van der Waals surface area contributed by atoms with E-state index >= 15 is 0 Å². The summed E-state index contributed by atoms with van der Waals surface area (Å²) in [6, 6.07) is -0.972. The number of hydrogen-bond acceptors (Lipinski definition) is 6. The highest BCUT2D eigenvalue weighted by Crippen LogP contribution is 2.28. The lowest BCUT2D eigenvalue weighted by Gasteiger charge is -2.24. The summed E-state index contributed by atoms with van der Waals surface area (Å²) in [6.45, 7) is -0.449. The van der Waals surface area contributed by atoms with Gasteiger partial charge in [0.1, 0.15) is 18.4 Å². The number of Topliss-reactive ketones (excluding diaryl/α,β-unsaturated/α-hetero) is 1. The molecule has 0 aromatic carbocycles. The molecular formula is C15H19FN2O6. The van der Waals surface area contributed by atoms with Gasteiger partial charge in [0.25, 0.3) is 5.56 Å². The van der Waals surface area contributed by atoms with Crippen molar-refractivity contribution in [1.29, 1.82) is 0 Å². The number of halogens is 1. The summed E-state index contributed by atoms with van der Waals surface area (Å²) >= 11 is 0. The molecular weight excluding hydrogens is 323 g/mol. The van der Waals surface area contributed by atoms with Gasteiger partial charge in [0.2, 0.25) is 5.82 Å². The minimum atomic E-state index is -1.17. The largest absolute Gasteiger partial charge is 0.394 e. The summed E-state index contributed by atoms with van der Waals surface area (Å²) < 4.78 is 20.9. The van der Waals surface area contributed by atoms with Crippen LogP contribution in [0.2, 0.25) is 0 Å². The molecule has 9 heteroatoms. The van der Waals surface area contributed by atoms with E-state index in [2.05, 4.69) is 0 Å². The van der Waals surface area contributed by atoms with E-state index in [-0.39, 0.29) is 18.6 Å². The average molecular weight is 342 g/mol. The molecule has 1 aliphatic heterocycles. The number of rotatable bonds is 3. The molecule has 24 heavy (non-hydrogen) atoms. The number of nitrogens with zero attached hydrogens (tertiary/aromatic N) is 2. The number of aliphatic hydroxyl groups excluding tert-OH is 2. The first-order valence-corrected chi connectivity index (χ1v) is 7.94. The molecule has 0 bridgehead atoms. The summed E-state index contributed by atoms with van der Waals surface area (Å²) in [5.41, 5.74) is -1.98. The topological polar surface area (TPSA) is 111 Å². The first-order valence-electron chi connectivity index (χ1n) is 7.94. The molecule has 2 aliphatic rings. The van der Waals surface area contributed by atoms with E-state index in [4.69, 9.17) is 9.84 Å². The second-order valence-electron chi connectivity index (χ2n) is 6.18. The molecule has 1 saturated heterocycles. The van der Waals surface area contributed by atoms with Crippen molar-refractivity contribution in [3.05, 3.63) is 32.9 Å². The van der Waals surface area contributed by atoms with Gasteiger partial charge in [-0.25, -0.2) is 9.36 Å². The highest BCUT2D eigenvalue weighted by atomic mass is 19.1. The Morgan fingerprint density at radius 2 is 2.04 bits per heavy atom. The van der Waals surface area contributed by atoms with Crippen LogP contribution in [0.25, 0.3) is 0 Å². The molecule has 8 nitrogen and oxygen atoms in total. The fourth-order valence-corrected chi connectivity index (χ4v) is 3.33. The molecule has 0 radical (unpaired) electrons. The van der Waals surface area contributed by atoms with Gasteiger partial charge in [-0.05, 0) is 12.8 Å². The molecule has 1 aromatic rings. The number of ketones is 1. The zero-order valence-electron chi connectivity index (χ0n) is 12.9. The van der Waals surface area contributed by atoms with Gasteiger partial charge >= 0.3 is 5.69 Å². The lowest BCUT2D eigenvalue weighted by atomic mass is 9.94. The van der Waals surface area contributed by atoms with Crippen LogP contribution in [0.5, 0.6) is 0 Å². The number of ether oxygens (including phenoxy) is 1. The van der Waals surface area contributed by atoms with Crippen LogP contribution in [0, 0.1) is 5.82 Å². The maximum Gasteiger partial charge on any atom is 0.333 e. The van der Waals surface area contributed by atoms with Gasteiger partial charge < -0.3 is 14.9 Å². The van der Waals surface area contributed by atoms with Gasteiger partial charge in [0, 0.05) is 12.8 Å². The molecule has 2 fully saturated rings. The maximum absolute atomic E-state index is 14.1. The fraction of sp³-hybridized carbons (Fsp3) is 0.667.